The topological polar surface area (TPSA) is 125 Å². The van der Waals surface area contributed by atoms with Gasteiger partial charge in [-0.05, 0) is 26.0 Å². The summed E-state index contributed by atoms with van der Waals surface area (Å²) in [5.74, 6) is -3.59. The van der Waals surface area contributed by atoms with Gasteiger partial charge in [0.05, 0.1) is 0 Å². The van der Waals surface area contributed by atoms with Crippen LogP contribution in [0.25, 0.3) is 0 Å². The Morgan fingerprint density at radius 1 is 1.22 bits per heavy atom. The smallest absolute Gasteiger partial charge is 0.347 e. The number of likely N-dealkylation sites (N-methyl/N-ethyl adjacent to an activating group) is 1. The minimum Gasteiger partial charge on any atom is -0.478 e. The van der Waals surface area contributed by atoms with Gasteiger partial charge in [-0.15, -0.1) is 0 Å². The van der Waals surface area contributed by atoms with Gasteiger partial charge in [-0.2, -0.15) is 17.7 Å². The van der Waals surface area contributed by atoms with Crippen LogP contribution in [0.2, 0.25) is 0 Å². The molecule has 3 rings (SSSR count). The summed E-state index contributed by atoms with van der Waals surface area (Å²) in [5.41, 5.74) is -1.56. The third-order valence-electron chi connectivity index (χ3n) is 5.88. The third-order valence-corrected chi connectivity index (χ3v) is 8.29. The Morgan fingerprint density at radius 2 is 1.92 bits per heavy atom. The molecule has 198 valence electrons. The number of benzene rings is 1. The second-order valence-electron chi connectivity index (χ2n) is 8.31. The number of carboxylic acids is 1. The zero-order valence-corrected chi connectivity index (χ0v) is 21.8. The number of carboxylic acid groups (broad SMARTS) is 1. The number of hydrogen-bond acceptors (Lipinski definition) is 8. The quantitative estimate of drug-likeness (QED) is 0.324. The molecule has 0 radical (unpaired) electrons. The maximum Gasteiger partial charge on any atom is 0.347 e. The van der Waals surface area contributed by atoms with E-state index >= 15 is 0 Å². The lowest BCUT2D eigenvalue weighted by Crippen LogP contribution is -2.50. The van der Waals surface area contributed by atoms with Crippen molar-refractivity contribution < 1.29 is 31.8 Å². The Balaban J connectivity index is 1.88. The summed E-state index contributed by atoms with van der Waals surface area (Å²) in [7, 11) is -3.97. The number of anilines is 1. The first-order chi connectivity index (χ1) is 17.0. The third kappa shape index (κ3) is 6.81. The number of rotatable bonds is 11. The van der Waals surface area contributed by atoms with Gasteiger partial charge in [0.15, 0.2) is 16.8 Å². The van der Waals surface area contributed by atoms with Crippen LogP contribution in [0.3, 0.4) is 0 Å². The molecular formula is C22H29F2N5O5S2. The minimum absolute atomic E-state index is 0.00601. The number of carbonyl (C=O) groups is 1. The molecule has 2 N–H and O–H groups in total. The molecule has 0 unspecified atom stereocenters. The van der Waals surface area contributed by atoms with E-state index < -0.39 is 33.4 Å². The highest BCUT2D eigenvalue weighted by atomic mass is 32.2. The Labute approximate surface area is 213 Å². The maximum absolute atomic E-state index is 14.1. The van der Waals surface area contributed by atoms with Crippen molar-refractivity contribution in [1.29, 1.82) is 0 Å². The first kappa shape index (κ1) is 28.0. The number of ether oxygens (including phenoxy) is 1. The summed E-state index contributed by atoms with van der Waals surface area (Å²) in [6.45, 7) is 7.57. The summed E-state index contributed by atoms with van der Waals surface area (Å²) in [6.07, 6.45) is 0.103. The summed E-state index contributed by atoms with van der Waals surface area (Å²) in [5, 5.41) is 9.56. The van der Waals surface area contributed by atoms with Crippen molar-refractivity contribution in [3.63, 3.8) is 0 Å². The van der Waals surface area contributed by atoms with Gasteiger partial charge in [0.25, 0.3) is 0 Å². The summed E-state index contributed by atoms with van der Waals surface area (Å²) >= 11 is 0.920. The molecule has 10 nitrogen and oxygen atoms in total. The lowest BCUT2D eigenvalue weighted by atomic mass is 10.0. The molecule has 0 bridgehead atoms. The average molecular weight is 546 g/mol. The largest absolute Gasteiger partial charge is 0.478 e. The SMILES string of the molecule is CCN1CCN(S(=O)(=O)Nc2cc(O[C@](C)(CC)C(=O)O)nc(SCc3cccc(F)c3F)n2)CC1. The molecule has 0 saturated carbocycles. The predicted molar refractivity (Wildman–Crippen MR) is 131 cm³/mol. The van der Waals surface area contributed by atoms with Gasteiger partial charge in [0, 0.05) is 43.6 Å². The van der Waals surface area contributed by atoms with E-state index in [1.807, 2.05) is 6.92 Å². The Bertz CT molecular complexity index is 1200. The molecule has 1 atom stereocenters. The maximum atomic E-state index is 14.1. The van der Waals surface area contributed by atoms with E-state index in [-0.39, 0.29) is 34.6 Å². The second kappa shape index (κ2) is 11.7. The molecule has 0 amide bonds. The van der Waals surface area contributed by atoms with E-state index in [0.717, 1.165) is 24.4 Å². The molecule has 36 heavy (non-hydrogen) atoms. The van der Waals surface area contributed by atoms with Gasteiger partial charge >= 0.3 is 16.2 Å². The van der Waals surface area contributed by atoms with E-state index in [1.54, 1.807) is 6.92 Å². The van der Waals surface area contributed by atoms with Crippen molar-refractivity contribution in [3.05, 3.63) is 41.5 Å². The van der Waals surface area contributed by atoms with Crippen LogP contribution in [0, 0.1) is 11.6 Å². The van der Waals surface area contributed by atoms with Gasteiger partial charge < -0.3 is 14.7 Å². The van der Waals surface area contributed by atoms with Crippen molar-refractivity contribution in [3.8, 4) is 5.88 Å². The first-order valence-electron chi connectivity index (χ1n) is 11.3. The standard InChI is InChI=1S/C22H29F2N5O5S2/c1-4-22(3,20(30)31)34-18-13-17(27-36(32,33)29-11-9-28(5-2)10-12-29)25-21(26-18)35-14-15-7-6-8-16(23)19(15)24/h6-8,13H,4-5,9-12,14H2,1-3H3,(H,30,31)(H,25,26,27)/t22-/m1/s1. The van der Waals surface area contributed by atoms with Crippen LogP contribution in [-0.2, 0) is 20.8 Å². The lowest BCUT2D eigenvalue weighted by Gasteiger charge is -2.33. The highest BCUT2D eigenvalue weighted by molar-refractivity contribution is 7.98. The van der Waals surface area contributed by atoms with Gasteiger partial charge in [-0.3, -0.25) is 4.72 Å². The summed E-state index contributed by atoms with van der Waals surface area (Å²) in [6, 6.07) is 4.97. The van der Waals surface area contributed by atoms with Crippen molar-refractivity contribution in [2.45, 2.75) is 43.7 Å². The van der Waals surface area contributed by atoms with Gasteiger partial charge in [-0.1, -0.05) is 37.7 Å². The van der Waals surface area contributed by atoms with E-state index in [4.69, 9.17) is 4.74 Å². The second-order valence-corrected chi connectivity index (χ2v) is 10.9. The first-order valence-corrected chi connectivity index (χ1v) is 13.8. The van der Waals surface area contributed by atoms with Crippen molar-refractivity contribution in [2.24, 2.45) is 0 Å². The van der Waals surface area contributed by atoms with Gasteiger partial charge in [0.2, 0.25) is 11.5 Å². The highest BCUT2D eigenvalue weighted by Gasteiger charge is 2.35. The van der Waals surface area contributed by atoms with Crippen LogP contribution in [0.4, 0.5) is 14.6 Å². The van der Waals surface area contributed by atoms with Crippen LogP contribution in [0.1, 0.15) is 32.8 Å². The molecule has 0 aliphatic carbocycles. The molecule has 1 aromatic carbocycles. The fourth-order valence-corrected chi connectivity index (χ4v) is 5.32. The van der Waals surface area contributed by atoms with Crippen LogP contribution in [0.15, 0.2) is 29.4 Å². The highest BCUT2D eigenvalue weighted by Crippen LogP contribution is 2.28. The number of aromatic nitrogens is 2. The minimum atomic E-state index is -3.97. The summed E-state index contributed by atoms with van der Waals surface area (Å²) < 4.78 is 62.9. The molecular weight excluding hydrogens is 516 g/mol. The Morgan fingerprint density at radius 3 is 2.53 bits per heavy atom. The van der Waals surface area contributed by atoms with Crippen molar-refractivity contribution >= 4 is 33.8 Å². The Hall–Kier alpha value is -2.55. The van der Waals surface area contributed by atoms with Crippen molar-refractivity contribution in [2.75, 3.05) is 37.4 Å². The summed E-state index contributed by atoms with van der Waals surface area (Å²) in [4.78, 5) is 22.2. The monoisotopic (exact) mass is 545 g/mol. The van der Waals surface area contributed by atoms with Crippen LogP contribution < -0.4 is 9.46 Å². The lowest BCUT2D eigenvalue weighted by molar-refractivity contribution is -0.154. The molecule has 1 fully saturated rings. The zero-order chi connectivity index (χ0) is 26.5. The van der Waals surface area contributed by atoms with E-state index in [9.17, 15) is 27.1 Å². The molecule has 14 heteroatoms. The van der Waals surface area contributed by atoms with E-state index in [2.05, 4.69) is 19.6 Å². The molecule has 1 aromatic heterocycles. The van der Waals surface area contributed by atoms with Crippen LogP contribution in [0.5, 0.6) is 5.88 Å². The number of piperazine rings is 1. The molecule has 1 saturated heterocycles. The van der Waals surface area contributed by atoms with Crippen LogP contribution >= 0.6 is 11.8 Å². The average Bonchev–Trinajstić information content (AvgIpc) is 2.84. The van der Waals surface area contributed by atoms with E-state index in [1.165, 1.54) is 29.4 Å². The number of hydrogen-bond donors (Lipinski definition) is 2. The molecule has 0 spiro atoms. The molecule has 2 aromatic rings. The number of aliphatic carboxylic acids is 1. The molecule has 2 heterocycles. The number of nitrogens with zero attached hydrogens (tertiary/aromatic N) is 4. The fraction of sp³-hybridized carbons (Fsp3) is 0.500. The van der Waals surface area contributed by atoms with E-state index in [0.29, 0.717) is 26.2 Å². The molecule has 1 aliphatic rings. The van der Waals surface area contributed by atoms with Crippen molar-refractivity contribution in [1.82, 2.24) is 19.2 Å². The predicted octanol–water partition coefficient (Wildman–Crippen LogP) is 2.97. The number of thioether (sulfide) groups is 1. The number of halogens is 2. The zero-order valence-electron chi connectivity index (χ0n) is 20.2. The van der Waals surface area contributed by atoms with Gasteiger partial charge in [0.1, 0.15) is 5.82 Å². The fourth-order valence-electron chi connectivity index (χ4n) is 3.36. The van der Waals surface area contributed by atoms with Crippen LogP contribution in [-0.4, -0.2) is 77.0 Å². The normalized spacial score (nSPS) is 16.9. The van der Waals surface area contributed by atoms with Gasteiger partial charge in [-0.25, -0.2) is 18.6 Å². The Kier molecular flexibility index (Phi) is 9.08. The number of nitrogens with one attached hydrogen (secondary N) is 1. The molecule has 1 aliphatic heterocycles.